The molecule has 1 aromatic rings. The molecule has 18 heavy (non-hydrogen) atoms. The van der Waals surface area contributed by atoms with Gasteiger partial charge in [-0.1, -0.05) is 0 Å². The lowest BCUT2D eigenvalue weighted by Gasteiger charge is -2.14. The maximum absolute atomic E-state index is 12.1. The third-order valence-electron chi connectivity index (χ3n) is 1.83. The van der Waals surface area contributed by atoms with E-state index < -0.39 is 23.1 Å². The third-order valence-corrected chi connectivity index (χ3v) is 2.05. The zero-order valence-electron chi connectivity index (χ0n) is 8.84. The van der Waals surface area contributed by atoms with Gasteiger partial charge >= 0.3 is 6.36 Å². The predicted molar refractivity (Wildman–Crippen MR) is 54.6 cm³/mol. The topological polar surface area (TPSA) is 59.3 Å². The molecule has 0 saturated heterocycles. The van der Waals surface area contributed by atoms with E-state index in [-0.39, 0.29) is 11.1 Å². The average Bonchev–Trinajstić information content (AvgIpc) is 2.25. The van der Waals surface area contributed by atoms with Crippen molar-refractivity contribution in [3.8, 4) is 17.6 Å². The van der Waals surface area contributed by atoms with Crippen molar-refractivity contribution in [2.75, 3.05) is 7.11 Å². The molecule has 0 aromatic heterocycles. The van der Waals surface area contributed by atoms with Crippen molar-refractivity contribution in [2.24, 2.45) is 0 Å². The van der Waals surface area contributed by atoms with Crippen molar-refractivity contribution < 1.29 is 27.4 Å². The summed E-state index contributed by atoms with van der Waals surface area (Å²) in [5, 5.41) is 7.74. The minimum Gasteiger partial charge on any atom is -0.492 e. The fourth-order valence-electron chi connectivity index (χ4n) is 1.21. The molecule has 0 atom stereocenters. The number of carbonyl (C=O) groups excluding carboxylic acids is 1. The lowest BCUT2D eigenvalue weighted by molar-refractivity contribution is -0.275. The van der Waals surface area contributed by atoms with E-state index in [1.165, 1.54) is 0 Å². The molecule has 8 heteroatoms. The lowest BCUT2D eigenvalue weighted by Crippen LogP contribution is -2.18. The van der Waals surface area contributed by atoms with E-state index in [0.29, 0.717) is 0 Å². The molecular weight excluding hydrogens is 275 g/mol. The Balaban J connectivity index is 3.42. The molecule has 1 rings (SSSR count). The molecule has 0 bridgehead atoms. The zero-order chi connectivity index (χ0) is 13.9. The number of methoxy groups -OCH3 is 1. The van der Waals surface area contributed by atoms with Gasteiger partial charge in [0.2, 0.25) is 0 Å². The highest BCUT2D eigenvalue weighted by atomic mass is 35.5. The van der Waals surface area contributed by atoms with Crippen LogP contribution in [0.2, 0.25) is 0 Å². The standard InChI is InChI=1S/C10H5ClF3NO3/c1-17-8-6(4-15)2-5(9(11)16)3-7(8)18-10(12,13)14/h2-3H,1H3. The molecule has 4 nitrogen and oxygen atoms in total. The largest absolute Gasteiger partial charge is 0.573 e. The summed E-state index contributed by atoms with van der Waals surface area (Å²) in [6.45, 7) is 0. The molecule has 0 radical (unpaired) electrons. The Morgan fingerprint density at radius 3 is 2.44 bits per heavy atom. The van der Waals surface area contributed by atoms with Crippen molar-refractivity contribution in [2.45, 2.75) is 6.36 Å². The highest BCUT2D eigenvalue weighted by Gasteiger charge is 2.33. The van der Waals surface area contributed by atoms with E-state index in [1.54, 1.807) is 6.07 Å². The number of nitrogens with zero attached hydrogens (tertiary/aromatic N) is 1. The molecule has 0 heterocycles. The van der Waals surface area contributed by atoms with Gasteiger partial charge in [0.05, 0.1) is 12.7 Å². The first kappa shape index (κ1) is 14.1. The Labute approximate surface area is 104 Å². The predicted octanol–water partition coefficient (Wildman–Crippen LogP) is 2.84. The van der Waals surface area contributed by atoms with Crippen molar-refractivity contribution in [1.29, 1.82) is 5.26 Å². The summed E-state index contributed by atoms with van der Waals surface area (Å²) in [7, 11) is 1.07. The molecule has 0 amide bonds. The molecule has 1 aromatic carbocycles. The van der Waals surface area contributed by atoms with Crippen LogP contribution in [0.5, 0.6) is 11.5 Å². The third kappa shape index (κ3) is 3.28. The van der Waals surface area contributed by atoms with Gasteiger partial charge in [-0.15, -0.1) is 13.2 Å². The van der Waals surface area contributed by atoms with Crippen molar-refractivity contribution in [1.82, 2.24) is 0 Å². The van der Waals surface area contributed by atoms with Crippen LogP contribution in [0.1, 0.15) is 15.9 Å². The Hall–Kier alpha value is -1.94. The Bertz CT molecular complexity index is 522. The van der Waals surface area contributed by atoms with Crippen LogP contribution in [-0.4, -0.2) is 18.7 Å². The summed E-state index contributed by atoms with van der Waals surface area (Å²) in [6.07, 6.45) is -4.98. The van der Waals surface area contributed by atoms with E-state index in [0.717, 1.165) is 19.2 Å². The number of carbonyl (C=O) groups is 1. The lowest BCUT2D eigenvalue weighted by atomic mass is 10.1. The molecule has 0 unspecified atom stereocenters. The van der Waals surface area contributed by atoms with Gasteiger partial charge in [-0.2, -0.15) is 5.26 Å². The summed E-state index contributed by atoms with van der Waals surface area (Å²) in [6, 6.07) is 3.35. The first-order valence-corrected chi connectivity index (χ1v) is 4.74. The smallest absolute Gasteiger partial charge is 0.492 e. The van der Waals surface area contributed by atoms with E-state index in [1.807, 2.05) is 0 Å². The van der Waals surface area contributed by atoms with Gasteiger partial charge in [0, 0.05) is 5.56 Å². The molecule has 0 saturated carbocycles. The fraction of sp³-hybridized carbons (Fsp3) is 0.200. The summed E-state index contributed by atoms with van der Waals surface area (Å²) < 4.78 is 44.8. The zero-order valence-corrected chi connectivity index (χ0v) is 9.59. The first-order valence-electron chi connectivity index (χ1n) is 4.36. The Morgan fingerprint density at radius 2 is 2.06 bits per heavy atom. The van der Waals surface area contributed by atoms with Crippen LogP contribution in [0.3, 0.4) is 0 Å². The quantitative estimate of drug-likeness (QED) is 0.798. The van der Waals surface area contributed by atoms with Gasteiger partial charge in [0.1, 0.15) is 6.07 Å². The van der Waals surface area contributed by atoms with Gasteiger partial charge in [-0.3, -0.25) is 4.79 Å². The average molecular weight is 280 g/mol. The maximum atomic E-state index is 12.1. The number of hydrogen-bond acceptors (Lipinski definition) is 4. The Morgan fingerprint density at radius 1 is 1.44 bits per heavy atom. The summed E-state index contributed by atoms with van der Waals surface area (Å²) >= 11 is 5.14. The summed E-state index contributed by atoms with van der Waals surface area (Å²) in [4.78, 5) is 10.9. The normalized spacial score (nSPS) is 10.7. The number of nitriles is 1. The molecule has 0 aliphatic heterocycles. The Kier molecular flexibility index (Phi) is 4.03. The monoisotopic (exact) mass is 279 g/mol. The number of alkyl halides is 3. The minimum absolute atomic E-state index is 0.289. The van der Waals surface area contributed by atoms with Crippen LogP contribution in [0, 0.1) is 11.3 Å². The first-order chi connectivity index (χ1) is 8.28. The highest BCUT2D eigenvalue weighted by molar-refractivity contribution is 6.67. The van der Waals surface area contributed by atoms with Gasteiger partial charge in [-0.05, 0) is 23.7 Å². The van der Waals surface area contributed by atoms with Crippen LogP contribution in [0.25, 0.3) is 0 Å². The van der Waals surface area contributed by atoms with Gasteiger partial charge in [0.15, 0.2) is 11.5 Å². The van der Waals surface area contributed by atoms with Gasteiger partial charge < -0.3 is 9.47 Å². The molecule has 0 spiro atoms. The molecule has 0 fully saturated rings. The van der Waals surface area contributed by atoms with Gasteiger partial charge in [-0.25, -0.2) is 0 Å². The van der Waals surface area contributed by atoms with Crippen molar-refractivity contribution >= 4 is 16.8 Å². The highest BCUT2D eigenvalue weighted by Crippen LogP contribution is 2.36. The number of ether oxygens (including phenoxy) is 2. The SMILES string of the molecule is COc1c(C#N)cc(C(=O)Cl)cc1OC(F)(F)F. The number of halogens is 4. The molecule has 0 aliphatic rings. The van der Waals surface area contributed by atoms with Gasteiger partial charge in [0.25, 0.3) is 5.24 Å². The molecule has 96 valence electrons. The number of rotatable bonds is 3. The van der Waals surface area contributed by atoms with Crippen LogP contribution >= 0.6 is 11.6 Å². The van der Waals surface area contributed by atoms with Crippen molar-refractivity contribution in [3.63, 3.8) is 0 Å². The molecular formula is C10H5ClF3NO3. The molecule has 0 aliphatic carbocycles. The summed E-state index contributed by atoms with van der Waals surface area (Å²) in [5.74, 6) is -1.22. The summed E-state index contributed by atoms with van der Waals surface area (Å²) in [5.41, 5.74) is -0.587. The van der Waals surface area contributed by atoms with Crippen molar-refractivity contribution in [3.05, 3.63) is 23.3 Å². The van der Waals surface area contributed by atoms with Crippen LogP contribution < -0.4 is 9.47 Å². The second-order valence-electron chi connectivity index (χ2n) is 2.99. The number of hydrogen-bond donors (Lipinski definition) is 0. The molecule has 0 N–H and O–H groups in total. The maximum Gasteiger partial charge on any atom is 0.573 e. The van der Waals surface area contributed by atoms with Crippen LogP contribution in [0.4, 0.5) is 13.2 Å². The van der Waals surface area contributed by atoms with E-state index >= 15 is 0 Å². The van der Waals surface area contributed by atoms with Crippen LogP contribution in [-0.2, 0) is 0 Å². The van der Waals surface area contributed by atoms with Crippen LogP contribution in [0.15, 0.2) is 12.1 Å². The fourth-order valence-corrected chi connectivity index (χ4v) is 1.32. The second kappa shape index (κ2) is 5.14. The number of benzene rings is 1. The minimum atomic E-state index is -4.98. The van der Waals surface area contributed by atoms with E-state index in [9.17, 15) is 18.0 Å². The van der Waals surface area contributed by atoms with E-state index in [2.05, 4.69) is 9.47 Å². The second-order valence-corrected chi connectivity index (χ2v) is 3.33. The van der Waals surface area contributed by atoms with E-state index in [4.69, 9.17) is 16.9 Å².